The molecule has 8 nitrogen and oxygen atoms in total. The summed E-state index contributed by atoms with van der Waals surface area (Å²) < 4.78 is 16.2. The zero-order chi connectivity index (χ0) is 23.7. The summed E-state index contributed by atoms with van der Waals surface area (Å²) in [4.78, 5) is 27.5. The number of hydrogen-bond acceptors (Lipinski definition) is 7. The fourth-order valence-corrected chi connectivity index (χ4v) is 3.88. The zero-order valence-corrected chi connectivity index (χ0v) is 18.2. The molecule has 1 amide bonds. The second kappa shape index (κ2) is 8.74. The Morgan fingerprint density at radius 1 is 1.09 bits per heavy atom. The Bertz CT molecular complexity index is 1350. The Kier molecular flexibility index (Phi) is 5.47. The number of nitrogens with zero attached hydrogens (tertiary/aromatic N) is 2. The van der Waals surface area contributed by atoms with E-state index in [-0.39, 0.29) is 17.2 Å². The molecule has 1 atom stereocenters. The topological polar surface area (TPSA) is 106 Å². The van der Waals surface area contributed by atoms with Gasteiger partial charge in [-0.15, -0.1) is 0 Å². The summed E-state index contributed by atoms with van der Waals surface area (Å²) >= 11 is 0. The maximum absolute atomic E-state index is 13.2. The normalized spacial score (nSPS) is 15.7. The van der Waals surface area contributed by atoms with Crippen molar-refractivity contribution in [1.29, 1.82) is 0 Å². The van der Waals surface area contributed by atoms with Crippen LogP contribution in [0.15, 0.2) is 99.3 Å². The molecule has 0 aliphatic carbocycles. The van der Waals surface area contributed by atoms with Gasteiger partial charge in [-0.3, -0.25) is 14.5 Å². The Morgan fingerprint density at radius 3 is 2.50 bits per heavy atom. The van der Waals surface area contributed by atoms with Crippen LogP contribution >= 0.6 is 0 Å². The van der Waals surface area contributed by atoms with Gasteiger partial charge >= 0.3 is 0 Å². The van der Waals surface area contributed by atoms with Gasteiger partial charge in [-0.2, -0.15) is 0 Å². The molecule has 2 aromatic heterocycles. The van der Waals surface area contributed by atoms with E-state index in [0.717, 1.165) is 5.56 Å². The predicted octanol–water partition coefficient (Wildman–Crippen LogP) is 4.94. The lowest BCUT2D eigenvalue weighted by molar-refractivity contribution is -0.117. The van der Waals surface area contributed by atoms with Crippen molar-refractivity contribution < 1.29 is 28.4 Å². The number of anilines is 1. The van der Waals surface area contributed by atoms with Crippen LogP contribution in [0.1, 0.15) is 33.5 Å². The molecule has 8 heteroatoms. The van der Waals surface area contributed by atoms with Crippen molar-refractivity contribution in [2.24, 2.45) is 0 Å². The average molecular weight is 456 g/mol. The summed E-state index contributed by atoms with van der Waals surface area (Å²) in [5.41, 5.74) is 1.51. The van der Waals surface area contributed by atoms with Crippen LogP contribution in [0.25, 0.3) is 0 Å². The maximum atomic E-state index is 13.2. The van der Waals surface area contributed by atoms with E-state index in [1.54, 1.807) is 43.3 Å². The molecule has 0 unspecified atom stereocenters. The number of ether oxygens (including phenoxy) is 1. The zero-order valence-electron chi connectivity index (χ0n) is 18.2. The molecular formula is C26H20N2O6. The SMILES string of the molecule is Cc1cc(N2C(=O)C(O)=C(C(=O)c3ccco3)[C@H]2c2ccc(OCc3ccccc3)cc2)no1. The van der Waals surface area contributed by atoms with Gasteiger partial charge in [-0.1, -0.05) is 47.6 Å². The third-order valence-corrected chi connectivity index (χ3v) is 5.50. The predicted molar refractivity (Wildman–Crippen MR) is 121 cm³/mol. The number of benzene rings is 2. The third-order valence-electron chi connectivity index (χ3n) is 5.50. The summed E-state index contributed by atoms with van der Waals surface area (Å²) in [7, 11) is 0. The first-order valence-electron chi connectivity index (χ1n) is 10.6. The molecule has 0 saturated carbocycles. The highest BCUT2D eigenvalue weighted by molar-refractivity contribution is 6.19. The molecule has 0 radical (unpaired) electrons. The van der Waals surface area contributed by atoms with E-state index in [4.69, 9.17) is 13.7 Å². The van der Waals surface area contributed by atoms with Gasteiger partial charge in [0.15, 0.2) is 17.3 Å². The summed E-state index contributed by atoms with van der Waals surface area (Å²) in [5.74, 6) is -0.697. The second-order valence-corrected chi connectivity index (χ2v) is 7.79. The van der Waals surface area contributed by atoms with Gasteiger partial charge in [-0.25, -0.2) is 0 Å². The lowest BCUT2D eigenvalue weighted by Crippen LogP contribution is -2.31. The molecular weight excluding hydrogens is 436 g/mol. The molecule has 3 heterocycles. The van der Waals surface area contributed by atoms with Crippen LogP contribution in [0.3, 0.4) is 0 Å². The monoisotopic (exact) mass is 456 g/mol. The van der Waals surface area contributed by atoms with Crippen molar-refractivity contribution in [1.82, 2.24) is 5.16 Å². The third kappa shape index (κ3) is 3.86. The van der Waals surface area contributed by atoms with Crippen LogP contribution in [-0.2, 0) is 11.4 Å². The van der Waals surface area contributed by atoms with Crippen LogP contribution in [0.2, 0.25) is 0 Å². The Morgan fingerprint density at radius 2 is 1.85 bits per heavy atom. The first-order valence-corrected chi connectivity index (χ1v) is 10.6. The quantitative estimate of drug-likeness (QED) is 0.393. The molecule has 0 bridgehead atoms. The number of aromatic nitrogens is 1. The van der Waals surface area contributed by atoms with Crippen LogP contribution in [0, 0.1) is 6.92 Å². The standard InChI is InChI=1S/C26H20N2O6/c1-16-14-21(27-34-16)28-23(22(25(30)26(28)31)24(29)20-8-5-13-32-20)18-9-11-19(12-10-18)33-15-17-6-3-2-4-7-17/h2-14,23,30H,15H2,1H3/t23-/m1/s1. The van der Waals surface area contributed by atoms with Crippen molar-refractivity contribution in [3.8, 4) is 5.75 Å². The van der Waals surface area contributed by atoms with Crippen molar-refractivity contribution in [2.75, 3.05) is 4.90 Å². The van der Waals surface area contributed by atoms with Gasteiger partial charge in [0.1, 0.15) is 18.1 Å². The van der Waals surface area contributed by atoms with E-state index in [1.165, 1.54) is 17.2 Å². The first kappa shape index (κ1) is 21.3. The number of amides is 1. The second-order valence-electron chi connectivity index (χ2n) is 7.79. The van der Waals surface area contributed by atoms with E-state index < -0.39 is 23.5 Å². The first-order chi connectivity index (χ1) is 16.5. The number of aliphatic hydroxyl groups excluding tert-OH is 1. The van der Waals surface area contributed by atoms with E-state index in [2.05, 4.69) is 5.16 Å². The van der Waals surface area contributed by atoms with E-state index in [9.17, 15) is 14.7 Å². The van der Waals surface area contributed by atoms with Gasteiger partial charge in [-0.05, 0) is 42.3 Å². The van der Waals surface area contributed by atoms with Crippen molar-refractivity contribution in [3.63, 3.8) is 0 Å². The Hall–Kier alpha value is -4.59. The highest BCUT2D eigenvalue weighted by Crippen LogP contribution is 2.42. The molecule has 0 fully saturated rings. The molecule has 5 rings (SSSR count). The van der Waals surface area contributed by atoms with Gasteiger partial charge in [0.2, 0.25) is 5.78 Å². The Balaban J connectivity index is 1.49. The Labute approximate surface area is 194 Å². The van der Waals surface area contributed by atoms with Crippen molar-refractivity contribution in [3.05, 3.63) is 113 Å². The van der Waals surface area contributed by atoms with Crippen molar-refractivity contribution >= 4 is 17.5 Å². The minimum Gasteiger partial charge on any atom is -0.503 e. The van der Waals surface area contributed by atoms with Gasteiger partial charge in [0, 0.05) is 6.07 Å². The van der Waals surface area contributed by atoms with Crippen molar-refractivity contribution in [2.45, 2.75) is 19.6 Å². The molecule has 1 N–H and O–H groups in total. The summed E-state index contributed by atoms with van der Waals surface area (Å²) in [5, 5.41) is 14.6. The fraction of sp³-hybridized carbons (Fsp3) is 0.115. The van der Waals surface area contributed by atoms with E-state index in [0.29, 0.717) is 23.7 Å². The molecule has 0 spiro atoms. The van der Waals surface area contributed by atoms with E-state index in [1.807, 2.05) is 30.3 Å². The smallest absolute Gasteiger partial charge is 0.295 e. The number of carbonyl (C=O) groups is 2. The highest BCUT2D eigenvalue weighted by Gasteiger charge is 2.46. The highest BCUT2D eigenvalue weighted by atomic mass is 16.5. The minimum atomic E-state index is -0.933. The number of ketones is 1. The van der Waals surface area contributed by atoms with Crippen LogP contribution in [0.5, 0.6) is 5.75 Å². The van der Waals surface area contributed by atoms with E-state index >= 15 is 0 Å². The number of carbonyl (C=O) groups excluding carboxylic acids is 2. The fourth-order valence-electron chi connectivity index (χ4n) is 3.88. The average Bonchev–Trinajstić information content (AvgIpc) is 3.59. The van der Waals surface area contributed by atoms with Crippen LogP contribution < -0.4 is 9.64 Å². The maximum Gasteiger partial charge on any atom is 0.295 e. The number of hydrogen-bond donors (Lipinski definition) is 1. The summed E-state index contributed by atoms with van der Waals surface area (Å²) in [6, 6.07) is 20.4. The molecule has 2 aromatic carbocycles. The van der Waals surface area contributed by atoms with Crippen LogP contribution in [-0.4, -0.2) is 22.0 Å². The lowest BCUT2D eigenvalue weighted by atomic mass is 9.95. The summed E-state index contributed by atoms with van der Waals surface area (Å²) in [6.45, 7) is 2.09. The number of furan rings is 1. The number of Topliss-reactive ketones (excluding diaryl/α,β-unsaturated/α-hetero) is 1. The molecule has 1 aliphatic heterocycles. The molecule has 0 saturated heterocycles. The minimum absolute atomic E-state index is 0.0142. The van der Waals surface area contributed by atoms with Gasteiger partial charge in [0.25, 0.3) is 5.91 Å². The molecule has 4 aromatic rings. The largest absolute Gasteiger partial charge is 0.503 e. The lowest BCUT2D eigenvalue weighted by Gasteiger charge is -2.24. The van der Waals surface area contributed by atoms with Crippen LogP contribution in [0.4, 0.5) is 5.82 Å². The number of aliphatic hydroxyl groups is 1. The molecule has 34 heavy (non-hydrogen) atoms. The number of rotatable bonds is 7. The van der Waals surface area contributed by atoms with Gasteiger partial charge in [0.05, 0.1) is 17.9 Å². The summed E-state index contributed by atoms with van der Waals surface area (Å²) in [6.07, 6.45) is 1.36. The molecule has 1 aliphatic rings. The van der Waals surface area contributed by atoms with Gasteiger partial charge < -0.3 is 18.8 Å². The molecule has 170 valence electrons. The number of aryl methyl sites for hydroxylation is 1.